The smallest absolute Gasteiger partial charge is 0.145 e. The summed E-state index contributed by atoms with van der Waals surface area (Å²) in [6.45, 7) is 7.17. The Labute approximate surface area is 119 Å². The van der Waals surface area contributed by atoms with E-state index in [0.717, 1.165) is 31.1 Å². The van der Waals surface area contributed by atoms with Gasteiger partial charge in [-0.15, -0.1) is 0 Å². The maximum absolute atomic E-state index is 6.23. The summed E-state index contributed by atoms with van der Waals surface area (Å²) in [5.41, 5.74) is 1.10. The van der Waals surface area contributed by atoms with Gasteiger partial charge in [0, 0.05) is 31.2 Å². The number of anilines is 1. The highest BCUT2D eigenvalue weighted by molar-refractivity contribution is 6.32. The molecule has 106 valence electrons. The van der Waals surface area contributed by atoms with Crippen molar-refractivity contribution in [3.63, 3.8) is 0 Å². The molecule has 1 N–H and O–H groups in total. The summed E-state index contributed by atoms with van der Waals surface area (Å²) in [6.07, 6.45) is 0. The molecule has 1 aliphatic heterocycles. The van der Waals surface area contributed by atoms with Crippen molar-refractivity contribution < 1.29 is 9.47 Å². The predicted molar refractivity (Wildman–Crippen MR) is 78.9 cm³/mol. The van der Waals surface area contributed by atoms with Crippen molar-refractivity contribution in [3.05, 3.63) is 17.2 Å². The van der Waals surface area contributed by atoms with Gasteiger partial charge in [-0.25, -0.2) is 0 Å². The summed E-state index contributed by atoms with van der Waals surface area (Å²) in [7, 11) is 3.27. The van der Waals surface area contributed by atoms with Crippen molar-refractivity contribution in [2.24, 2.45) is 0 Å². The first-order valence-corrected chi connectivity index (χ1v) is 6.76. The summed E-state index contributed by atoms with van der Waals surface area (Å²) >= 11 is 6.23. The van der Waals surface area contributed by atoms with Crippen LogP contribution in [0.3, 0.4) is 0 Å². The molecular weight excluding hydrogens is 264 g/mol. The monoisotopic (exact) mass is 284 g/mol. The van der Waals surface area contributed by atoms with Gasteiger partial charge >= 0.3 is 0 Å². The Kier molecular flexibility index (Phi) is 4.11. The predicted octanol–water partition coefficient (Wildman–Crippen LogP) is 2.55. The molecule has 0 spiro atoms. The average Bonchev–Trinajstić information content (AvgIpc) is 2.37. The van der Waals surface area contributed by atoms with E-state index in [2.05, 4.69) is 24.1 Å². The van der Waals surface area contributed by atoms with Crippen LogP contribution in [0.25, 0.3) is 0 Å². The zero-order chi connectivity index (χ0) is 14.0. The molecule has 0 aromatic heterocycles. The highest BCUT2D eigenvalue weighted by Crippen LogP contribution is 2.38. The molecule has 1 aliphatic rings. The molecule has 1 fully saturated rings. The largest absolute Gasteiger partial charge is 0.495 e. The van der Waals surface area contributed by atoms with Crippen molar-refractivity contribution in [2.45, 2.75) is 19.4 Å². The van der Waals surface area contributed by atoms with Crippen LogP contribution in [0, 0.1) is 0 Å². The van der Waals surface area contributed by atoms with E-state index in [9.17, 15) is 0 Å². The molecule has 1 aromatic carbocycles. The number of methoxy groups -OCH3 is 2. The van der Waals surface area contributed by atoms with Gasteiger partial charge in [-0.05, 0) is 19.9 Å². The summed E-state index contributed by atoms with van der Waals surface area (Å²) < 4.78 is 10.7. The maximum atomic E-state index is 6.23. The number of nitrogens with one attached hydrogen (secondary N) is 1. The Balaban J connectivity index is 2.35. The summed E-state index contributed by atoms with van der Waals surface area (Å²) in [5, 5.41) is 4.10. The quantitative estimate of drug-likeness (QED) is 0.925. The molecule has 5 heteroatoms. The van der Waals surface area contributed by atoms with Crippen molar-refractivity contribution in [1.82, 2.24) is 5.32 Å². The van der Waals surface area contributed by atoms with E-state index in [0.29, 0.717) is 10.8 Å². The van der Waals surface area contributed by atoms with Gasteiger partial charge in [0.25, 0.3) is 0 Å². The van der Waals surface area contributed by atoms with Crippen molar-refractivity contribution >= 4 is 17.3 Å². The van der Waals surface area contributed by atoms with Crippen LogP contribution in [0.2, 0.25) is 5.02 Å². The van der Waals surface area contributed by atoms with E-state index in [4.69, 9.17) is 21.1 Å². The van der Waals surface area contributed by atoms with Crippen LogP contribution in [-0.4, -0.2) is 39.4 Å². The molecular formula is C14H21ClN2O2. The third-order valence-corrected chi connectivity index (χ3v) is 3.66. The Morgan fingerprint density at radius 1 is 1.21 bits per heavy atom. The molecule has 0 radical (unpaired) electrons. The SMILES string of the molecule is COc1cc(OC)c(N2CCNC(C)(C)C2)cc1Cl. The fourth-order valence-corrected chi connectivity index (χ4v) is 2.67. The van der Waals surface area contributed by atoms with E-state index in [1.807, 2.05) is 12.1 Å². The van der Waals surface area contributed by atoms with Crippen molar-refractivity contribution in [3.8, 4) is 11.5 Å². The van der Waals surface area contributed by atoms with Crippen molar-refractivity contribution in [2.75, 3.05) is 38.8 Å². The van der Waals surface area contributed by atoms with E-state index in [1.165, 1.54) is 0 Å². The minimum absolute atomic E-state index is 0.0790. The Bertz CT molecular complexity index is 463. The second-order valence-electron chi connectivity index (χ2n) is 5.39. The number of benzene rings is 1. The topological polar surface area (TPSA) is 33.7 Å². The first kappa shape index (κ1) is 14.3. The number of rotatable bonds is 3. The van der Waals surface area contributed by atoms with Gasteiger partial charge in [0.05, 0.1) is 24.9 Å². The molecule has 0 atom stereocenters. The summed E-state index contributed by atoms with van der Waals surface area (Å²) in [6, 6.07) is 3.76. The van der Waals surface area contributed by atoms with E-state index in [1.54, 1.807) is 14.2 Å². The minimum atomic E-state index is 0.0790. The molecule has 1 heterocycles. The molecule has 19 heavy (non-hydrogen) atoms. The maximum Gasteiger partial charge on any atom is 0.145 e. The Morgan fingerprint density at radius 2 is 1.89 bits per heavy atom. The zero-order valence-electron chi connectivity index (χ0n) is 11.9. The van der Waals surface area contributed by atoms with Gasteiger partial charge in [-0.1, -0.05) is 11.6 Å². The number of ether oxygens (including phenoxy) is 2. The first-order valence-electron chi connectivity index (χ1n) is 6.38. The van der Waals surface area contributed by atoms with Gasteiger partial charge in [-0.3, -0.25) is 0 Å². The van der Waals surface area contributed by atoms with Crippen LogP contribution >= 0.6 is 11.6 Å². The molecule has 0 unspecified atom stereocenters. The van der Waals surface area contributed by atoms with Crippen LogP contribution in [0.15, 0.2) is 12.1 Å². The fraction of sp³-hybridized carbons (Fsp3) is 0.571. The highest BCUT2D eigenvalue weighted by atomic mass is 35.5. The molecule has 0 aliphatic carbocycles. The third kappa shape index (κ3) is 3.07. The molecule has 2 rings (SSSR count). The van der Waals surface area contributed by atoms with E-state index < -0.39 is 0 Å². The minimum Gasteiger partial charge on any atom is -0.495 e. The van der Waals surface area contributed by atoms with Gasteiger partial charge in [0.15, 0.2) is 0 Å². The van der Waals surface area contributed by atoms with Crippen LogP contribution < -0.4 is 19.7 Å². The number of halogens is 1. The van der Waals surface area contributed by atoms with Gasteiger partial charge < -0.3 is 19.7 Å². The number of hydrogen-bond acceptors (Lipinski definition) is 4. The van der Waals surface area contributed by atoms with Gasteiger partial charge in [-0.2, -0.15) is 0 Å². The molecule has 0 saturated carbocycles. The van der Waals surface area contributed by atoms with E-state index >= 15 is 0 Å². The van der Waals surface area contributed by atoms with Crippen LogP contribution in [0.5, 0.6) is 11.5 Å². The second-order valence-corrected chi connectivity index (χ2v) is 5.80. The molecule has 1 aromatic rings. The lowest BCUT2D eigenvalue weighted by Crippen LogP contribution is -2.57. The standard InChI is InChI=1S/C14H21ClN2O2/c1-14(2)9-17(6-5-16-14)11-7-10(15)12(18-3)8-13(11)19-4/h7-8,16H,5-6,9H2,1-4H3. The average molecular weight is 285 g/mol. The van der Waals surface area contributed by atoms with Crippen molar-refractivity contribution in [1.29, 1.82) is 0 Å². The summed E-state index contributed by atoms with van der Waals surface area (Å²) in [4.78, 5) is 2.29. The van der Waals surface area contributed by atoms with Crippen LogP contribution in [-0.2, 0) is 0 Å². The molecule has 0 bridgehead atoms. The van der Waals surface area contributed by atoms with Crippen LogP contribution in [0.4, 0.5) is 5.69 Å². The lowest BCUT2D eigenvalue weighted by molar-refractivity contribution is 0.348. The third-order valence-electron chi connectivity index (χ3n) is 3.37. The van der Waals surface area contributed by atoms with Gasteiger partial charge in [0.2, 0.25) is 0 Å². The lowest BCUT2D eigenvalue weighted by Gasteiger charge is -2.40. The Hall–Kier alpha value is -1.13. The molecule has 4 nitrogen and oxygen atoms in total. The summed E-state index contributed by atoms with van der Waals surface area (Å²) in [5.74, 6) is 1.43. The Morgan fingerprint density at radius 3 is 2.47 bits per heavy atom. The van der Waals surface area contributed by atoms with Crippen LogP contribution in [0.1, 0.15) is 13.8 Å². The number of hydrogen-bond donors (Lipinski definition) is 1. The zero-order valence-corrected chi connectivity index (χ0v) is 12.7. The number of nitrogens with zero attached hydrogens (tertiary/aromatic N) is 1. The molecule has 1 saturated heterocycles. The van der Waals surface area contributed by atoms with Gasteiger partial charge in [0.1, 0.15) is 11.5 Å². The fourth-order valence-electron chi connectivity index (χ4n) is 2.44. The normalized spacial score (nSPS) is 18.3. The second kappa shape index (κ2) is 5.47. The lowest BCUT2D eigenvalue weighted by atomic mass is 10.0. The molecule has 0 amide bonds. The highest BCUT2D eigenvalue weighted by Gasteiger charge is 2.27. The van der Waals surface area contributed by atoms with E-state index in [-0.39, 0.29) is 5.54 Å². The first-order chi connectivity index (χ1) is 8.96. The number of piperazine rings is 1.